The predicted molar refractivity (Wildman–Crippen MR) is 89.3 cm³/mol. The van der Waals surface area contributed by atoms with E-state index >= 15 is 0 Å². The molecule has 5 nitrogen and oxygen atoms in total. The number of aromatic nitrogens is 2. The topological polar surface area (TPSA) is 66.9 Å². The Morgan fingerprint density at radius 2 is 1.64 bits per heavy atom. The number of benzene rings is 1. The number of aryl methyl sites for hydroxylation is 2. The third kappa shape index (κ3) is 4.04. The number of nitrogens with one attached hydrogen (secondary N) is 2. The zero-order chi connectivity index (χ0) is 16.3. The van der Waals surface area contributed by atoms with Crippen LogP contribution in [0.1, 0.15) is 42.4 Å². The lowest BCUT2D eigenvalue weighted by Crippen LogP contribution is -2.27. The molecule has 0 aliphatic carbocycles. The molecule has 0 radical (unpaired) electrons. The maximum Gasteiger partial charge on any atom is 0.276 e. The summed E-state index contributed by atoms with van der Waals surface area (Å²) in [5.41, 5.74) is 3.06. The molecule has 116 valence electrons. The van der Waals surface area contributed by atoms with Crippen LogP contribution >= 0.6 is 0 Å². The molecular weight excluding hydrogens is 276 g/mol. The van der Waals surface area contributed by atoms with E-state index in [2.05, 4.69) is 20.8 Å². The lowest BCUT2D eigenvalue weighted by Gasteiger charge is -2.20. The van der Waals surface area contributed by atoms with Crippen LogP contribution in [0.2, 0.25) is 0 Å². The van der Waals surface area contributed by atoms with Crippen LogP contribution in [-0.4, -0.2) is 21.6 Å². The highest BCUT2D eigenvalue weighted by Gasteiger charge is 2.14. The van der Waals surface area contributed by atoms with Crippen LogP contribution in [0.15, 0.2) is 30.3 Å². The molecule has 2 N–H and O–H groups in total. The van der Waals surface area contributed by atoms with Gasteiger partial charge in [0.25, 0.3) is 5.91 Å². The Hall–Kier alpha value is -2.43. The van der Waals surface area contributed by atoms with Gasteiger partial charge in [0.05, 0.1) is 0 Å². The van der Waals surface area contributed by atoms with E-state index in [9.17, 15) is 4.79 Å². The summed E-state index contributed by atoms with van der Waals surface area (Å²) in [4.78, 5) is 12.3. The molecule has 1 aromatic heterocycles. The van der Waals surface area contributed by atoms with Gasteiger partial charge in [-0.15, -0.1) is 10.2 Å². The van der Waals surface area contributed by atoms with Gasteiger partial charge < -0.3 is 10.6 Å². The van der Waals surface area contributed by atoms with Crippen molar-refractivity contribution >= 4 is 17.4 Å². The van der Waals surface area contributed by atoms with Crippen molar-refractivity contribution in [3.63, 3.8) is 0 Å². The molecule has 1 aromatic carbocycles. The van der Waals surface area contributed by atoms with E-state index in [1.807, 2.05) is 52.8 Å². The van der Waals surface area contributed by atoms with Crippen molar-refractivity contribution in [2.24, 2.45) is 0 Å². The van der Waals surface area contributed by atoms with Crippen molar-refractivity contribution in [2.75, 3.05) is 10.6 Å². The van der Waals surface area contributed by atoms with E-state index in [-0.39, 0.29) is 11.4 Å². The largest absolute Gasteiger partial charge is 0.364 e. The molecule has 1 amide bonds. The highest BCUT2D eigenvalue weighted by Crippen LogP contribution is 2.20. The molecule has 0 aliphatic rings. The number of hydrogen-bond acceptors (Lipinski definition) is 4. The maximum atomic E-state index is 12.3. The van der Waals surface area contributed by atoms with Gasteiger partial charge in [0, 0.05) is 11.2 Å². The summed E-state index contributed by atoms with van der Waals surface area (Å²) in [5, 5.41) is 14.2. The normalized spacial score (nSPS) is 11.1. The number of nitrogens with zero attached hydrogens (tertiary/aromatic N) is 2. The van der Waals surface area contributed by atoms with Gasteiger partial charge in [0.2, 0.25) is 0 Å². The second-order valence-corrected chi connectivity index (χ2v) is 6.40. The first-order chi connectivity index (χ1) is 10.3. The second-order valence-electron chi connectivity index (χ2n) is 6.40. The Bertz CT molecular complexity index is 652. The molecule has 0 aliphatic heterocycles. The lowest BCUT2D eigenvalue weighted by atomic mass is 10.1. The fraction of sp³-hybridized carbons (Fsp3) is 0.353. The van der Waals surface area contributed by atoms with Gasteiger partial charge >= 0.3 is 0 Å². The van der Waals surface area contributed by atoms with Crippen molar-refractivity contribution in [3.05, 3.63) is 47.2 Å². The first-order valence-corrected chi connectivity index (χ1v) is 7.26. The average molecular weight is 298 g/mol. The van der Waals surface area contributed by atoms with Crippen LogP contribution in [0.25, 0.3) is 0 Å². The summed E-state index contributed by atoms with van der Waals surface area (Å²) >= 11 is 0. The average Bonchev–Trinajstić information content (AvgIpc) is 2.42. The molecule has 5 heteroatoms. The number of carbonyl (C=O) groups excluding carboxylic acids is 1. The molecule has 22 heavy (non-hydrogen) atoms. The van der Waals surface area contributed by atoms with Gasteiger partial charge in [0.1, 0.15) is 5.82 Å². The van der Waals surface area contributed by atoms with Crippen molar-refractivity contribution in [2.45, 2.75) is 40.2 Å². The number of para-hydroxylation sites is 1. The van der Waals surface area contributed by atoms with Gasteiger partial charge in [0.15, 0.2) is 5.69 Å². The Kier molecular flexibility index (Phi) is 4.45. The van der Waals surface area contributed by atoms with E-state index in [0.717, 1.165) is 16.8 Å². The monoisotopic (exact) mass is 298 g/mol. The summed E-state index contributed by atoms with van der Waals surface area (Å²) in [6, 6.07) is 9.32. The highest BCUT2D eigenvalue weighted by atomic mass is 16.1. The SMILES string of the molecule is Cc1cccc(C)c1NC(=O)c1ccc(NC(C)(C)C)nn1. The Balaban J connectivity index is 2.13. The quantitative estimate of drug-likeness (QED) is 0.909. The fourth-order valence-electron chi connectivity index (χ4n) is 2.09. The molecule has 2 aromatic rings. The van der Waals surface area contributed by atoms with E-state index in [0.29, 0.717) is 11.5 Å². The minimum Gasteiger partial charge on any atom is -0.364 e. The summed E-state index contributed by atoms with van der Waals surface area (Å²) in [6.45, 7) is 10.0. The summed E-state index contributed by atoms with van der Waals surface area (Å²) in [6.07, 6.45) is 0. The number of rotatable bonds is 3. The smallest absolute Gasteiger partial charge is 0.276 e. The lowest BCUT2D eigenvalue weighted by molar-refractivity contribution is 0.102. The molecule has 1 heterocycles. The van der Waals surface area contributed by atoms with Crippen molar-refractivity contribution < 1.29 is 4.79 Å². The minimum atomic E-state index is -0.257. The first-order valence-electron chi connectivity index (χ1n) is 7.26. The van der Waals surface area contributed by atoms with Crippen LogP contribution in [0.3, 0.4) is 0 Å². The molecule has 0 unspecified atom stereocenters. The first kappa shape index (κ1) is 15.9. The maximum absolute atomic E-state index is 12.3. The van der Waals surface area contributed by atoms with Crippen LogP contribution < -0.4 is 10.6 Å². The summed E-state index contributed by atoms with van der Waals surface area (Å²) in [7, 11) is 0. The Labute approximate surface area is 131 Å². The van der Waals surface area contributed by atoms with E-state index in [1.165, 1.54) is 0 Å². The molecule has 2 rings (SSSR count). The Morgan fingerprint density at radius 1 is 1.00 bits per heavy atom. The molecule has 0 atom stereocenters. The van der Waals surface area contributed by atoms with E-state index < -0.39 is 0 Å². The molecular formula is C17H22N4O. The van der Waals surface area contributed by atoms with Crippen LogP contribution in [0, 0.1) is 13.8 Å². The highest BCUT2D eigenvalue weighted by molar-refractivity contribution is 6.03. The number of anilines is 2. The van der Waals surface area contributed by atoms with E-state index in [1.54, 1.807) is 12.1 Å². The molecule has 0 bridgehead atoms. The standard InChI is InChI=1S/C17H22N4O/c1-11-7-6-8-12(2)15(11)18-16(22)13-9-10-14(21-20-13)19-17(3,4)5/h6-10H,1-5H3,(H,18,22)(H,19,21). The molecule has 0 saturated heterocycles. The predicted octanol–water partition coefficient (Wildman–Crippen LogP) is 3.56. The zero-order valence-corrected chi connectivity index (χ0v) is 13.7. The molecule has 0 saturated carbocycles. The third-order valence-corrected chi connectivity index (χ3v) is 3.12. The van der Waals surface area contributed by atoms with Crippen LogP contribution in [-0.2, 0) is 0 Å². The Morgan fingerprint density at radius 3 is 2.14 bits per heavy atom. The third-order valence-electron chi connectivity index (χ3n) is 3.12. The summed E-state index contributed by atoms with van der Waals surface area (Å²) in [5.74, 6) is 0.392. The summed E-state index contributed by atoms with van der Waals surface area (Å²) < 4.78 is 0. The number of hydrogen-bond donors (Lipinski definition) is 2. The number of amides is 1. The van der Waals surface area contributed by atoms with Crippen LogP contribution in [0.5, 0.6) is 0 Å². The molecule has 0 spiro atoms. The van der Waals surface area contributed by atoms with Gasteiger partial charge in [-0.2, -0.15) is 0 Å². The fourth-order valence-corrected chi connectivity index (χ4v) is 2.09. The van der Waals surface area contributed by atoms with Crippen molar-refractivity contribution in [3.8, 4) is 0 Å². The number of carbonyl (C=O) groups is 1. The van der Waals surface area contributed by atoms with Gasteiger partial charge in [-0.05, 0) is 57.9 Å². The van der Waals surface area contributed by atoms with E-state index in [4.69, 9.17) is 0 Å². The van der Waals surface area contributed by atoms with Crippen molar-refractivity contribution in [1.82, 2.24) is 10.2 Å². The van der Waals surface area contributed by atoms with Gasteiger partial charge in [-0.3, -0.25) is 4.79 Å². The van der Waals surface area contributed by atoms with Crippen LogP contribution in [0.4, 0.5) is 11.5 Å². The molecule has 0 fully saturated rings. The zero-order valence-electron chi connectivity index (χ0n) is 13.7. The minimum absolute atomic E-state index is 0.100. The van der Waals surface area contributed by atoms with Gasteiger partial charge in [-0.25, -0.2) is 0 Å². The van der Waals surface area contributed by atoms with Crippen molar-refractivity contribution in [1.29, 1.82) is 0 Å². The second kappa shape index (κ2) is 6.13. The van der Waals surface area contributed by atoms with Gasteiger partial charge in [-0.1, -0.05) is 18.2 Å².